The van der Waals surface area contributed by atoms with Gasteiger partial charge in [0.15, 0.2) is 0 Å². The second-order valence-electron chi connectivity index (χ2n) is 2.95. The van der Waals surface area contributed by atoms with Crippen LogP contribution in [0, 0.1) is 5.41 Å². The second-order valence-corrected chi connectivity index (χ2v) is 2.95. The van der Waals surface area contributed by atoms with Crippen LogP contribution < -0.4 is 0 Å². The highest BCUT2D eigenvalue weighted by Gasteiger charge is 2.53. The van der Waals surface area contributed by atoms with E-state index in [0.29, 0.717) is 19.6 Å². The number of hydrogen-bond acceptors (Lipinski definition) is 4. The van der Waals surface area contributed by atoms with Gasteiger partial charge in [-0.3, -0.25) is 4.79 Å². The van der Waals surface area contributed by atoms with Crippen molar-refractivity contribution in [2.45, 2.75) is 13.3 Å². The molecule has 60 valence electrons. The molecule has 0 aromatic rings. The summed E-state index contributed by atoms with van der Waals surface area (Å²) in [6.45, 7) is 2.81. The molecule has 0 aromatic carbocycles. The third kappa shape index (κ3) is 0.879. The van der Waals surface area contributed by atoms with Crippen LogP contribution in [0.5, 0.6) is 0 Å². The minimum Gasteiger partial charge on any atom is -0.484 e. The summed E-state index contributed by atoms with van der Waals surface area (Å²) in [6, 6.07) is 0. The van der Waals surface area contributed by atoms with E-state index in [2.05, 4.69) is 0 Å². The molecule has 4 nitrogen and oxygen atoms in total. The molecule has 3 aliphatic heterocycles. The van der Waals surface area contributed by atoms with Crippen LogP contribution in [0.3, 0.4) is 0 Å². The quantitative estimate of drug-likeness (QED) is 0.500. The van der Waals surface area contributed by atoms with Crippen LogP contribution in [0.4, 0.5) is 0 Å². The first kappa shape index (κ1) is 7.12. The van der Waals surface area contributed by atoms with E-state index in [-0.39, 0.29) is 5.97 Å². The summed E-state index contributed by atoms with van der Waals surface area (Å²) < 4.78 is 14.9. The minimum atomic E-state index is -0.740. The van der Waals surface area contributed by atoms with E-state index >= 15 is 0 Å². The van der Waals surface area contributed by atoms with Crippen molar-refractivity contribution in [3.63, 3.8) is 0 Å². The van der Waals surface area contributed by atoms with Crippen molar-refractivity contribution in [1.82, 2.24) is 0 Å². The Labute approximate surface area is 65.0 Å². The highest BCUT2D eigenvalue weighted by molar-refractivity contribution is 6.41. The number of carbonyl (C=O) groups is 1. The van der Waals surface area contributed by atoms with Gasteiger partial charge in [0.05, 0.1) is 13.2 Å². The molecule has 0 spiro atoms. The summed E-state index contributed by atoms with van der Waals surface area (Å²) in [5.74, 6) is -0.178. The molecular formula is C6H9BO4. The Morgan fingerprint density at radius 2 is 2.18 bits per heavy atom. The highest BCUT2D eigenvalue weighted by Crippen LogP contribution is 2.34. The topological polar surface area (TPSA) is 44.8 Å². The van der Waals surface area contributed by atoms with Crippen LogP contribution in [0.15, 0.2) is 0 Å². The molecule has 3 heterocycles. The molecule has 3 aliphatic rings. The van der Waals surface area contributed by atoms with E-state index in [9.17, 15) is 4.79 Å². The first-order chi connectivity index (χ1) is 5.27. The smallest absolute Gasteiger partial charge is 0.484 e. The largest absolute Gasteiger partial charge is 0.715 e. The summed E-state index contributed by atoms with van der Waals surface area (Å²) >= 11 is 0. The van der Waals surface area contributed by atoms with Gasteiger partial charge in [0.1, 0.15) is 5.41 Å². The maximum atomic E-state index is 11.2. The number of carbonyl (C=O) groups excluding carboxylic acids is 1. The van der Waals surface area contributed by atoms with Gasteiger partial charge in [0, 0.05) is 0 Å². The van der Waals surface area contributed by atoms with Crippen molar-refractivity contribution >= 4 is 13.3 Å². The van der Waals surface area contributed by atoms with Crippen molar-refractivity contribution in [2.75, 3.05) is 13.2 Å². The Morgan fingerprint density at radius 1 is 1.55 bits per heavy atom. The van der Waals surface area contributed by atoms with Gasteiger partial charge >= 0.3 is 13.3 Å². The normalized spacial score (nSPS) is 27.0. The summed E-state index contributed by atoms with van der Waals surface area (Å²) in [7, 11) is -0.740. The molecule has 0 radical (unpaired) electrons. The Hall–Kier alpha value is -0.545. The molecule has 0 aliphatic carbocycles. The van der Waals surface area contributed by atoms with Crippen molar-refractivity contribution in [3.05, 3.63) is 0 Å². The first-order valence-electron chi connectivity index (χ1n) is 3.71. The lowest BCUT2D eigenvalue weighted by Gasteiger charge is -2.41. The van der Waals surface area contributed by atoms with E-state index in [4.69, 9.17) is 14.0 Å². The van der Waals surface area contributed by atoms with Crippen LogP contribution in [0.1, 0.15) is 13.3 Å². The van der Waals surface area contributed by atoms with Crippen molar-refractivity contribution in [2.24, 2.45) is 5.41 Å². The standard InChI is InChI=1S/C6H9BO4/c1-2-6-3-9-7(10-4-6)11-5(6)8/h2-4H2,1H3. The fourth-order valence-electron chi connectivity index (χ4n) is 1.29. The van der Waals surface area contributed by atoms with Crippen LogP contribution >= 0.6 is 0 Å². The zero-order valence-corrected chi connectivity index (χ0v) is 6.33. The molecular weight excluding hydrogens is 147 g/mol. The van der Waals surface area contributed by atoms with Gasteiger partial charge in [-0.1, -0.05) is 6.92 Å². The maximum Gasteiger partial charge on any atom is 0.715 e. The number of rotatable bonds is 1. The predicted molar refractivity (Wildman–Crippen MR) is 36.5 cm³/mol. The van der Waals surface area contributed by atoms with Crippen molar-refractivity contribution in [3.8, 4) is 0 Å². The van der Waals surface area contributed by atoms with E-state index in [0.717, 1.165) is 0 Å². The zero-order valence-electron chi connectivity index (χ0n) is 6.33. The molecule has 0 saturated carbocycles. The average Bonchev–Trinajstić information content (AvgIpc) is 2.07. The second kappa shape index (κ2) is 2.22. The van der Waals surface area contributed by atoms with Crippen LogP contribution in [0.2, 0.25) is 0 Å². The summed E-state index contributed by atoms with van der Waals surface area (Å²) in [6.07, 6.45) is 0.707. The molecule has 2 bridgehead atoms. The Balaban J connectivity index is 2.23. The Bertz CT molecular complexity index is 185. The van der Waals surface area contributed by atoms with Gasteiger partial charge in [-0.25, -0.2) is 0 Å². The average molecular weight is 156 g/mol. The SMILES string of the molecule is CCC12COB(OC1)OC2=O. The third-order valence-corrected chi connectivity index (χ3v) is 2.30. The molecule has 3 fully saturated rings. The van der Waals surface area contributed by atoms with E-state index < -0.39 is 12.7 Å². The Morgan fingerprint density at radius 3 is 2.55 bits per heavy atom. The highest BCUT2D eigenvalue weighted by atomic mass is 16.8. The first-order valence-corrected chi connectivity index (χ1v) is 3.71. The molecule has 0 amide bonds. The molecule has 0 atom stereocenters. The lowest BCUT2D eigenvalue weighted by molar-refractivity contribution is -0.176. The van der Waals surface area contributed by atoms with Crippen molar-refractivity contribution in [1.29, 1.82) is 0 Å². The van der Waals surface area contributed by atoms with Gasteiger partial charge < -0.3 is 14.0 Å². The lowest BCUT2D eigenvalue weighted by atomic mass is 9.82. The van der Waals surface area contributed by atoms with Gasteiger partial charge in [-0.05, 0) is 6.42 Å². The Kier molecular flexibility index (Phi) is 1.44. The summed E-state index contributed by atoms with van der Waals surface area (Å²) in [4.78, 5) is 11.2. The minimum absolute atomic E-state index is 0.178. The molecule has 3 saturated heterocycles. The van der Waals surface area contributed by atoms with Gasteiger partial charge in [0.2, 0.25) is 0 Å². The summed E-state index contributed by atoms with van der Waals surface area (Å²) in [5, 5.41) is 0. The monoisotopic (exact) mass is 156 g/mol. The van der Waals surface area contributed by atoms with Gasteiger partial charge in [-0.15, -0.1) is 0 Å². The van der Waals surface area contributed by atoms with Crippen LogP contribution in [-0.2, 0) is 18.8 Å². The number of fused-ring (bicyclic) bond motifs is 3. The molecule has 0 aromatic heterocycles. The fraction of sp³-hybridized carbons (Fsp3) is 0.833. The van der Waals surface area contributed by atoms with Crippen LogP contribution in [-0.4, -0.2) is 26.5 Å². The van der Waals surface area contributed by atoms with Gasteiger partial charge in [0.25, 0.3) is 0 Å². The lowest BCUT2D eigenvalue weighted by Crippen LogP contribution is -2.58. The van der Waals surface area contributed by atoms with E-state index in [1.165, 1.54) is 0 Å². The predicted octanol–water partition coefficient (Wildman–Crippen LogP) is -0.0287. The van der Waals surface area contributed by atoms with Gasteiger partial charge in [-0.2, -0.15) is 0 Å². The third-order valence-electron chi connectivity index (χ3n) is 2.30. The molecule has 0 unspecified atom stereocenters. The number of hydrogen-bond donors (Lipinski definition) is 0. The zero-order chi connectivity index (χ0) is 7.90. The molecule has 11 heavy (non-hydrogen) atoms. The molecule has 0 N–H and O–H groups in total. The summed E-state index contributed by atoms with van der Waals surface area (Å²) in [5.41, 5.74) is -0.519. The fourth-order valence-corrected chi connectivity index (χ4v) is 1.29. The van der Waals surface area contributed by atoms with Crippen molar-refractivity contribution < 1.29 is 18.8 Å². The maximum absolute atomic E-state index is 11.2. The van der Waals surface area contributed by atoms with E-state index in [1.807, 2.05) is 6.92 Å². The molecule has 5 heteroatoms. The van der Waals surface area contributed by atoms with E-state index in [1.54, 1.807) is 0 Å². The molecule has 3 rings (SSSR count). The van der Waals surface area contributed by atoms with Crippen LogP contribution in [0.25, 0.3) is 0 Å².